The van der Waals surface area contributed by atoms with E-state index in [0.29, 0.717) is 36.6 Å². The molecule has 244 valence electrons. The van der Waals surface area contributed by atoms with Gasteiger partial charge in [0, 0.05) is 40.6 Å². The van der Waals surface area contributed by atoms with E-state index in [0.717, 1.165) is 54.7 Å². The molecule has 3 aliphatic heterocycles. The predicted octanol–water partition coefficient (Wildman–Crippen LogP) is 6.22. The summed E-state index contributed by atoms with van der Waals surface area (Å²) in [7, 11) is 4.50. The second-order valence-corrected chi connectivity index (χ2v) is 13.2. The summed E-state index contributed by atoms with van der Waals surface area (Å²) >= 11 is 0. The molecular weight excluding hydrogens is 610 g/mol. The van der Waals surface area contributed by atoms with E-state index in [4.69, 9.17) is 18.9 Å². The van der Waals surface area contributed by atoms with Crippen LogP contribution in [0.1, 0.15) is 48.0 Å². The van der Waals surface area contributed by atoms with Crippen LogP contribution in [-0.4, -0.2) is 57.9 Å². The third-order valence-electron chi connectivity index (χ3n) is 11.1. The number of para-hydroxylation sites is 2. The van der Waals surface area contributed by atoms with Gasteiger partial charge in [-0.2, -0.15) is 0 Å². The molecule has 1 fully saturated rings. The van der Waals surface area contributed by atoms with Gasteiger partial charge in [-0.1, -0.05) is 49.4 Å². The fourth-order valence-electron chi connectivity index (χ4n) is 9.05. The number of hydrogen-bond donors (Lipinski definition) is 1. The lowest BCUT2D eigenvalue weighted by molar-refractivity contribution is -0.205. The van der Waals surface area contributed by atoms with E-state index in [1.54, 1.807) is 21.1 Å². The van der Waals surface area contributed by atoms with Gasteiger partial charge in [-0.3, -0.25) is 4.79 Å². The lowest BCUT2D eigenvalue weighted by Crippen LogP contribution is -2.59. The number of ether oxygens (including phenoxy) is 4. The summed E-state index contributed by atoms with van der Waals surface area (Å²) in [6.07, 6.45) is -0.272. The molecule has 0 saturated carbocycles. The molecule has 1 N–H and O–H groups in total. The molecule has 1 saturated heterocycles. The maximum atomic E-state index is 14.7. The molecule has 10 nitrogen and oxygen atoms in total. The molecule has 9 rings (SSSR count). The zero-order valence-electron chi connectivity index (χ0n) is 27.4. The first-order valence-electron chi connectivity index (χ1n) is 16.2. The van der Waals surface area contributed by atoms with Crippen LogP contribution in [-0.2, 0) is 33.1 Å². The first kappa shape index (κ1) is 29.1. The normalized spacial score (nSPS) is 24.3. The molecule has 4 aromatic carbocycles. The van der Waals surface area contributed by atoms with Gasteiger partial charge in [0.25, 0.3) is 5.91 Å². The summed E-state index contributed by atoms with van der Waals surface area (Å²) in [5.74, 6) is -0.216. The van der Waals surface area contributed by atoms with E-state index >= 15 is 0 Å². The number of carbonyl (C=O) groups is 2. The van der Waals surface area contributed by atoms with Crippen LogP contribution in [0.25, 0.3) is 43.6 Å². The fourth-order valence-corrected chi connectivity index (χ4v) is 9.05. The first-order chi connectivity index (χ1) is 23.2. The molecule has 0 unspecified atom stereocenters. The average molecular weight is 646 g/mol. The Morgan fingerprint density at radius 3 is 2.31 bits per heavy atom. The standard InChI is InChI=1S/C38H35N3O7/c1-6-24-35-40-25-13-9-7-11-21(25)30-31-23(19-39(34(31)42)18-20-15-16-27(45-3)28(17-20)46-4)29-22-12-8-10-14-26(22)41(33(29)32(30)40)37(2,48-35)38(24,44)36(43)47-5/h7-17,24,35,44H,6,18-19H2,1-5H3/t24-,35+,37-,38-/m0/s1. The van der Waals surface area contributed by atoms with Gasteiger partial charge in [-0.05, 0) is 48.7 Å². The van der Waals surface area contributed by atoms with Gasteiger partial charge in [0.1, 0.15) is 6.23 Å². The summed E-state index contributed by atoms with van der Waals surface area (Å²) in [6.45, 7) is 4.49. The van der Waals surface area contributed by atoms with Crippen molar-refractivity contribution in [3.05, 3.63) is 83.4 Å². The number of hydrogen-bond acceptors (Lipinski definition) is 7. The smallest absolute Gasteiger partial charge is 0.343 e. The van der Waals surface area contributed by atoms with Gasteiger partial charge in [-0.15, -0.1) is 0 Å². The second-order valence-electron chi connectivity index (χ2n) is 13.2. The molecule has 2 bridgehead atoms. The Kier molecular flexibility index (Phi) is 5.91. The second kappa shape index (κ2) is 9.74. The molecular formula is C38H35N3O7. The highest BCUT2D eigenvalue weighted by atomic mass is 16.6. The fraction of sp³-hybridized carbons (Fsp3) is 0.316. The first-order valence-corrected chi connectivity index (χ1v) is 16.2. The molecule has 10 heteroatoms. The summed E-state index contributed by atoms with van der Waals surface area (Å²) in [5, 5.41) is 16.3. The highest BCUT2D eigenvalue weighted by Crippen LogP contribution is 2.61. The lowest BCUT2D eigenvalue weighted by atomic mass is 9.78. The molecule has 5 heterocycles. The summed E-state index contributed by atoms with van der Waals surface area (Å²) in [5.41, 5.74) is 2.31. The number of amides is 1. The highest BCUT2D eigenvalue weighted by molar-refractivity contribution is 6.31. The number of methoxy groups -OCH3 is 3. The van der Waals surface area contributed by atoms with Crippen molar-refractivity contribution in [3.63, 3.8) is 0 Å². The molecule has 6 aromatic rings. The number of carbonyl (C=O) groups excluding carboxylic acids is 2. The number of aromatic nitrogens is 2. The minimum absolute atomic E-state index is 0.0546. The third kappa shape index (κ3) is 3.24. The van der Waals surface area contributed by atoms with Crippen molar-refractivity contribution in [1.29, 1.82) is 0 Å². The van der Waals surface area contributed by atoms with E-state index in [-0.39, 0.29) is 5.91 Å². The summed E-state index contributed by atoms with van der Waals surface area (Å²) in [4.78, 5) is 30.4. The quantitative estimate of drug-likeness (QED) is 0.215. The maximum absolute atomic E-state index is 14.7. The Bertz CT molecular complexity index is 2390. The molecule has 0 aliphatic carbocycles. The van der Waals surface area contributed by atoms with Crippen LogP contribution in [0.15, 0.2) is 66.7 Å². The Balaban J connectivity index is 1.40. The number of benzene rings is 4. The Morgan fingerprint density at radius 2 is 1.62 bits per heavy atom. The Labute approximate surface area is 275 Å². The van der Waals surface area contributed by atoms with Crippen LogP contribution in [0.4, 0.5) is 0 Å². The predicted molar refractivity (Wildman–Crippen MR) is 180 cm³/mol. The van der Waals surface area contributed by atoms with Crippen molar-refractivity contribution >= 4 is 55.5 Å². The van der Waals surface area contributed by atoms with Gasteiger partial charge < -0.3 is 38.1 Å². The van der Waals surface area contributed by atoms with Crippen molar-refractivity contribution in [1.82, 2.24) is 14.0 Å². The van der Waals surface area contributed by atoms with Gasteiger partial charge in [-0.25, -0.2) is 4.79 Å². The third-order valence-corrected chi connectivity index (χ3v) is 11.1. The zero-order chi connectivity index (χ0) is 33.3. The molecule has 0 radical (unpaired) electrons. The monoisotopic (exact) mass is 645 g/mol. The van der Waals surface area contributed by atoms with Gasteiger partial charge in [0.15, 0.2) is 17.2 Å². The van der Waals surface area contributed by atoms with Crippen LogP contribution in [0.2, 0.25) is 0 Å². The Morgan fingerprint density at radius 1 is 0.938 bits per heavy atom. The van der Waals surface area contributed by atoms with E-state index in [2.05, 4.69) is 4.57 Å². The molecule has 4 atom stereocenters. The Hall–Kier alpha value is -5.06. The van der Waals surface area contributed by atoms with Crippen molar-refractivity contribution < 1.29 is 33.6 Å². The van der Waals surface area contributed by atoms with E-state index in [9.17, 15) is 14.7 Å². The van der Waals surface area contributed by atoms with Crippen LogP contribution in [0, 0.1) is 5.92 Å². The topological polar surface area (TPSA) is 104 Å². The van der Waals surface area contributed by atoms with Gasteiger partial charge in [0.05, 0.1) is 49.0 Å². The molecule has 0 spiro atoms. The number of fused-ring (bicyclic) bond motifs is 13. The van der Waals surface area contributed by atoms with Crippen molar-refractivity contribution in [2.45, 2.75) is 50.9 Å². The van der Waals surface area contributed by atoms with Crippen LogP contribution >= 0.6 is 0 Å². The van der Waals surface area contributed by atoms with E-state index in [1.165, 1.54) is 7.11 Å². The largest absolute Gasteiger partial charge is 0.493 e. The number of aliphatic hydroxyl groups is 1. The molecule has 3 aliphatic rings. The van der Waals surface area contributed by atoms with Crippen molar-refractivity contribution in [3.8, 4) is 11.5 Å². The van der Waals surface area contributed by atoms with Crippen molar-refractivity contribution in [2.75, 3.05) is 21.3 Å². The van der Waals surface area contributed by atoms with Crippen LogP contribution in [0.5, 0.6) is 11.5 Å². The molecule has 2 aromatic heterocycles. The number of esters is 1. The minimum Gasteiger partial charge on any atom is -0.493 e. The summed E-state index contributed by atoms with van der Waals surface area (Å²) in [6, 6.07) is 21.7. The minimum atomic E-state index is -2.01. The van der Waals surface area contributed by atoms with Gasteiger partial charge in [0.2, 0.25) is 5.60 Å². The summed E-state index contributed by atoms with van der Waals surface area (Å²) < 4.78 is 27.5. The highest BCUT2D eigenvalue weighted by Gasteiger charge is 2.70. The average Bonchev–Trinajstić information content (AvgIpc) is 3.77. The zero-order valence-corrected chi connectivity index (χ0v) is 27.4. The molecule has 48 heavy (non-hydrogen) atoms. The van der Waals surface area contributed by atoms with E-state index in [1.807, 2.05) is 83.1 Å². The maximum Gasteiger partial charge on any atom is 0.343 e. The van der Waals surface area contributed by atoms with Gasteiger partial charge >= 0.3 is 5.97 Å². The number of nitrogens with zero attached hydrogens (tertiary/aromatic N) is 3. The van der Waals surface area contributed by atoms with Crippen LogP contribution in [0.3, 0.4) is 0 Å². The lowest BCUT2D eigenvalue weighted by Gasteiger charge is -2.40. The van der Waals surface area contributed by atoms with E-state index < -0.39 is 29.4 Å². The molecule has 1 amide bonds. The van der Waals surface area contributed by atoms with Crippen molar-refractivity contribution in [2.24, 2.45) is 5.92 Å². The SMILES string of the molecule is CC[C@H]1[C@H]2O[C@](C)(n3c4ccccc4c4c5c(c6c7ccccc7n2c6c43)C(=O)N(Cc2ccc(OC)c(OC)c2)C5)[C@@]1(O)C(=O)OC. The van der Waals surface area contributed by atoms with Crippen LogP contribution < -0.4 is 9.47 Å². The number of rotatable bonds is 6.